The fourth-order valence-corrected chi connectivity index (χ4v) is 3.55. The van der Waals surface area contributed by atoms with Gasteiger partial charge in [0.15, 0.2) is 5.78 Å². The fourth-order valence-electron chi connectivity index (χ4n) is 3.43. The van der Waals surface area contributed by atoms with E-state index in [-0.39, 0.29) is 23.4 Å². The van der Waals surface area contributed by atoms with Gasteiger partial charge in [0.2, 0.25) is 11.3 Å². The Morgan fingerprint density at radius 1 is 1.03 bits per heavy atom. The maximum absolute atomic E-state index is 13.1. The van der Waals surface area contributed by atoms with Crippen LogP contribution in [0.5, 0.6) is 5.75 Å². The molecule has 4 rings (SSSR count). The number of amides is 1. The summed E-state index contributed by atoms with van der Waals surface area (Å²) in [6, 6.07) is 16.5. The number of carbonyl (C=O) groups excluding carboxylic acids is 2. The van der Waals surface area contributed by atoms with Gasteiger partial charge in [-0.15, -0.1) is 0 Å². The zero-order valence-electron chi connectivity index (χ0n) is 18.0. The molecule has 1 amide bonds. The number of benzene rings is 2. The zero-order valence-corrected chi connectivity index (χ0v) is 18.7. The van der Waals surface area contributed by atoms with E-state index in [2.05, 4.69) is 10.3 Å². The van der Waals surface area contributed by atoms with Crippen LogP contribution in [0.1, 0.15) is 21.6 Å². The van der Waals surface area contributed by atoms with Crippen molar-refractivity contribution in [3.05, 3.63) is 98.9 Å². The summed E-state index contributed by atoms with van der Waals surface area (Å²) in [5.74, 6) is -0.119. The van der Waals surface area contributed by atoms with Crippen LogP contribution in [0, 0.1) is 6.92 Å². The van der Waals surface area contributed by atoms with E-state index in [9.17, 15) is 14.4 Å². The molecular formula is C25H20ClN3O4. The lowest BCUT2D eigenvalue weighted by molar-refractivity contribution is -0.116. The number of methoxy groups -OCH3 is 1. The second-order valence-electron chi connectivity index (χ2n) is 7.44. The van der Waals surface area contributed by atoms with Crippen LogP contribution in [0.3, 0.4) is 0 Å². The van der Waals surface area contributed by atoms with Crippen molar-refractivity contribution < 1.29 is 14.3 Å². The van der Waals surface area contributed by atoms with Gasteiger partial charge in [0.1, 0.15) is 17.9 Å². The van der Waals surface area contributed by atoms with Gasteiger partial charge in [0, 0.05) is 28.2 Å². The van der Waals surface area contributed by atoms with Crippen LogP contribution in [-0.2, 0) is 11.3 Å². The Balaban J connectivity index is 1.72. The minimum Gasteiger partial charge on any atom is -0.497 e. The number of nitrogens with one attached hydrogen (secondary N) is 1. The number of carbonyl (C=O) groups is 2. The third-order valence-electron chi connectivity index (χ3n) is 5.10. The first kappa shape index (κ1) is 22.2. The van der Waals surface area contributed by atoms with E-state index >= 15 is 0 Å². The number of aromatic nitrogens is 2. The highest BCUT2D eigenvalue weighted by molar-refractivity contribution is 6.30. The highest BCUT2D eigenvalue weighted by atomic mass is 35.5. The van der Waals surface area contributed by atoms with Gasteiger partial charge in [0.25, 0.3) is 0 Å². The molecule has 4 aromatic rings. The number of ether oxygens (including phenoxy) is 1. The molecule has 0 saturated heterocycles. The minimum absolute atomic E-state index is 0.0484. The number of hydrogen-bond donors (Lipinski definition) is 1. The van der Waals surface area contributed by atoms with Crippen molar-refractivity contribution in [2.75, 3.05) is 12.4 Å². The zero-order chi connectivity index (χ0) is 23.5. The van der Waals surface area contributed by atoms with Gasteiger partial charge in [0.05, 0.1) is 18.1 Å². The first-order valence-electron chi connectivity index (χ1n) is 10.1. The summed E-state index contributed by atoms with van der Waals surface area (Å²) in [5, 5.41) is 3.55. The number of pyridine rings is 2. The van der Waals surface area contributed by atoms with Crippen LogP contribution in [0.4, 0.5) is 5.69 Å². The van der Waals surface area contributed by atoms with E-state index in [0.717, 1.165) is 0 Å². The Hall–Kier alpha value is -3.97. The van der Waals surface area contributed by atoms with Crippen LogP contribution >= 0.6 is 11.6 Å². The molecular weight excluding hydrogens is 442 g/mol. The summed E-state index contributed by atoms with van der Waals surface area (Å²) >= 11 is 5.92. The summed E-state index contributed by atoms with van der Waals surface area (Å²) in [7, 11) is 1.56. The molecule has 0 aliphatic carbocycles. The molecule has 0 fully saturated rings. The second-order valence-corrected chi connectivity index (χ2v) is 7.87. The smallest absolute Gasteiger partial charge is 0.244 e. The summed E-state index contributed by atoms with van der Waals surface area (Å²) in [5.41, 5.74) is 1.44. The van der Waals surface area contributed by atoms with Crippen LogP contribution in [0.25, 0.3) is 11.0 Å². The lowest BCUT2D eigenvalue weighted by atomic mass is 10.0. The summed E-state index contributed by atoms with van der Waals surface area (Å²) < 4.78 is 6.64. The van der Waals surface area contributed by atoms with Crippen molar-refractivity contribution >= 4 is 40.0 Å². The third kappa shape index (κ3) is 4.78. The Bertz CT molecular complexity index is 1410. The summed E-state index contributed by atoms with van der Waals surface area (Å²) in [6.07, 6.45) is 1.39. The minimum atomic E-state index is -0.455. The Morgan fingerprint density at radius 3 is 2.39 bits per heavy atom. The van der Waals surface area contributed by atoms with E-state index < -0.39 is 11.2 Å². The van der Waals surface area contributed by atoms with E-state index in [0.29, 0.717) is 33.4 Å². The van der Waals surface area contributed by atoms with Crippen LogP contribution in [-0.4, -0.2) is 28.4 Å². The highest BCUT2D eigenvalue weighted by Gasteiger charge is 2.19. The Labute approximate surface area is 194 Å². The van der Waals surface area contributed by atoms with Crippen molar-refractivity contribution in [1.29, 1.82) is 0 Å². The average Bonchev–Trinajstić information content (AvgIpc) is 2.81. The molecule has 7 nitrogen and oxygen atoms in total. The quantitative estimate of drug-likeness (QED) is 0.434. The van der Waals surface area contributed by atoms with Crippen molar-refractivity contribution in [2.24, 2.45) is 0 Å². The predicted octanol–water partition coefficient (Wildman–Crippen LogP) is 4.24. The largest absolute Gasteiger partial charge is 0.497 e. The molecule has 8 heteroatoms. The molecule has 2 heterocycles. The molecule has 0 spiro atoms. The number of ketones is 1. The topological polar surface area (TPSA) is 90.3 Å². The van der Waals surface area contributed by atoms with Crippen LogP contribution in [0.2, 0.25) is 5.02 Å². The van der Waals surface area contributed by atoms with Gasteiger partial charge in [-0.2, -0.15) is 0 Å². The van der Waals surface area contributed by atoms with E-state index in [1.54, 1.807) is 74.7 Å². The van der Waals surface area contributed by atoms with E-state index in [4.69, 9.17) is 16.3 Å². The molecule has 33 heavy (non-hydrogen) atoms. The van der Waals surface area contributed by atoms with Gasteiger partial charge in [-0.3, -0.25) is 14.4 Å². The molecule has 1 N–H and O–H groups in total. The lowest BCUT2D eigenvalue weighted by Crippen LogP contribution is -2.25. The number of anilines is 1. The molecule has 166 valence electrons. The molecule has 2 aromatic heterocycles. The van der Waals surface area contributed by atoms with E-state index in [1.807, 2.05) is 0 Å². The number of nitrogens with zero attached hydrogens (tertiary/aromatic N) is 2. The Morgan fingerprint density at radius 2 is 1.73 bits per heavy atom. The lowest BCUT2D eigenvalue weighted by Gasteiger charge is -2.13. The number of hydrogen-bond acceptors (Lipinski definition) is 5. The van der Waals surface area contributed by atoms with Gasteiger partial charge < -0.3 is 14.6 Å². The molecule has 0 unspecified atom stereocenters. The van der Waals surface area contributed by atoms with E-state index in [1.165, 1.54) is 10.8 Å². The van der Waals surface area contributed by atoms with Gasteiger partial charge >= 0.3 is 0 Å². The van der Waals surface area contributed by atoms with Crippen molar-refractivity contribution in [3.63, 3.8) is 0 Å². The van der Waals surface area contributed by atoms with Gasteiger partial charge in [-0.05, 0) is 67.6 Å². The molecule has 0 atom stereocenters. The maximum atomic E-state index is 13.1. The molecule has 0 bridgehead atoms. The monoisotopic (exact) mass is 461 g/mol. The Kier molecular flexibility index (Phi) is 6.24. The first-order valence-corrected chi connectivity index (χ1v) is 10.5. The van der Waals surface area contributed by atoms with Gasteiger partial charge in [-0.1, -0.05) is 11.6 Å². The third-order valence-corrected chi connectivity index (χ3v) is 5.35. The van der Waals surface area contributed by atoms with Crippen molar-refractivity contribution in [3.8, 4) is 5.75 Å². The fraction of sp³-hybridized carbons (Fsp3) is 0.120. The molecule has 0 radical (unpaired) electrons. The maximum Gasteiger partial charge on any atom is 0.244 e. The SMILES string of the molecule is COc1ccc(NC(=O)Cn2cc(C(=O)c3ccc(Cl)cc3)c(=O)c3ccc(C)nc32)cc1. The standard InChI is InChI=1S/C25H20ClN3O4/c1-15-3-12-20-24(32)21(23(31)16-4-6-17(26)7-5-16)13-29(25(20)27-15)14-22(30)28-18-8-10-19(33-2)11-9-18/h3-13H,14H2,1-2H3,(H,28,30). The molecule has 0 saturated carbocycles. The normalized spacial score (nSPS) is 10.8. The summed E-state index contributed by atoms with van der Waals surface area (Å²) in [6.45, 7) is 1.65. The van der Waals surface area contributed by atoms with Crippen LogP contribution < -0.4 is 15.5 Å². The first-order chi connectivity index (χ1) is 15.9. The second kappa shape index (κ2) is 9.26. The highest BCUT2D eigenvalue weighted by Crippen LogP contribution is 2.17. The number of aryl methyl sites for hydroxylation is 1. The molecule has 2 aromatic carbocycles. The number of fused-ring (bicyclic) bond motifs is 1. The van der Waals surface area contributed by atoms with Crippen molar-refractivity contribution in [2.45, 2.75) is 13.5 Å². The molecule has 0 aliphatic rings. The average molecular weight is 462 g/mol. The van der Waals surface area contributed by atoms with Crippen molar-refractivity contribution in [1.82, 2.24) is 9.55 Å². The summed E-state index contributed by atoms with van der Waals surface area (Å²) in [4.78, 5) is 43.4. The number of halogens is 1. The van der Waals surface area contributed by atoms with Gasteiger partial charge in [-0.25, -0.2) is 4.98 Å². The number of rotatable bonds is 6. The van der Waals surface area contributed by atoms with Crippen LogP contribution in [0.15, 0.2) is 71.7 Å². The predicted molar refractivity (Wildman–Crippen MR) is 127 cm³/mol. The molecule has 0 aliphatic heterocycles.